The van der Waals surface area contributed by atoms with Crippen LogP contribution in [-0.4, -0.2) is 36.7 Å². The fraction of sp³-hybridized carbons (Fsp3) is 0.238. The van der Waals surface area contributed by atoms with Crippen LogP contribution < -0.4 is 10.6 Å². The Morgan fingerprint density at radius 1 is 1.11 bits per heavy atom. The molecule has 0 unspecified atom stereocenters. The molecular formula is C21H20N2O5. The summed E-state index contributed by atoms with van der Waals surface area (Å²) in [7, 11) is 0. The third-order valence-electron chi connectivity index (χ3n) is 4.49. The van der Waals surface area contributed by atoms with Gasteiger partial charge in [0.1, 0.15) is 6.54 Å². The van der Waals surface area contributed by atoms with Crippen molar-refractivity contribution in [2.24, 2.45) is 0 Å². The molecule has 0 spiro atoms. The number of Topliss-reactive ketones (excluding diaryl/α,β-unsaturated/α-hetero) is 1. The number of benzene rings is 2. The largest absolute Gasteiger partial charge is 0.456 e. The van der Waals surface area contributed by atoms with Gasteiger partial charge < -0.3 is 15.4 Å². The maximum Gasteiger partial charge on any atom is 0.325 e. The monoisotopic (exact) mass is 380 g/mol. The molecule has 7 heteroatoms. The Balaban J connectivity index is 1.45. The standard InChI is InChI=1S/C21H20N2O5/c1-13-16-10-15(7-8-17(16)23-21(13)27)18(24)12-28-20(26)11-22-19(25)9-14-5-3-2-4-6-14/h2-8,10,13H,9,11-12H2,1H3,(H,22,25)(H,23,27)/t13-/m1/s1. The van der Waals surface area contributed by atoms with Crippen molar-refractivity contribution in [2.45, 2.75) is 19.3 Å². The summed E-state index contributed by atoms with van der Waals surface area (Å²) in [5, 5.41) is 5.20. The lowest BCUT2D eigenvalue weighted by Gasteiger charge is -2.08. The Morgan fingerprint density at radius 2 is 1.86 bits per heavy atom. The molecule has 1 aliphatic heterocycles. The number of hydrogen-bond donors (Lipinski definition) is 2. The van der Waals surface area contributed by atoms with Gasteiger partial charge in [-0.05, 0) is 36.2 Å². The number of carbonyl (C=O) groups is 4. The average Bonchev–Trinajstić information content (AvgIpc) is 2.98. The maximum absolute atomic E-state index is 12.2. The molecule has 0 aromatic heterocycles. The number of hydrogen-bond acceptors (Lipinski definition) is 5. The van der Waals surface area contributed by atoms with E-state index in [0.29, 0.717) is 11.3 Å². The predicted octanol–water partition coefficient (Wildman–Crippen LogP) is 1.83. The summed E-state index contributed by atoms with van der Waals surface area (Å²) in [6.07, 6.45) is 0.160. The molecule has 1 aliphatic rings. The van der Waals surface area contributed by atoms with Crippen molar-refractivity contribution in [3.8, 4) is 0 Å². The second-order valence-electron chi connectivity index (χ2n) is 6.54. The van der Waals surface area contributed by atoms with Crippen LogP contribution in [0.4, 0.5) is 5.69 Å². The molecule has 144 valence electrons. The summed E-state index contributed by atoms with van der Waals surface area (Å²) in [5.74, 6) is -1.82. The summed E-state index contributed by atoms with van der Waals surface area (Å²) in [5.41, 5.74) is 2.63. The van der Waals surface area contributed by atoms with Crippen LogP contribution in [0.1, 0.15) is 34.3 Å². The van der Waals surface area contributed by atoms with Gasteiger partial charge in [-0.15, -0.1) is 0 Å². The van der Waals surface area contributed by atoms with E-state index in [9.17, 15) is 19.2 Å². The van der Waals surface area contributed by atoms with E-state index in [1.54, 1.807) is 25.1 Å². The van der Waals surface area contributed by atoms with Crippen LogP contribution in [0.25, 0.3) is 0 Å². The molecule has 2 aromatic rings. The second-order valence-corrected chi connectivity index (χ2v) is 6.54. The zero-order valence-corrected chi connectivity index (χ0v) is 15.4. The quantitative estimate of drug-likeness (QED) is 0.564. The van der Waals surface area contributed by atoms with Crippen molar-refractivity contribution in [3.05, 3.63) is 65.2 Å². The van der Waals surface area contributed by atoms with Crippen LogP contribution in [0.5, 0.6) is 0 Å². The predicted molar refractivity (Wildman–Crippen MR) is 102 cm³/mol. The van der Waals surface area contributed by atoms with Crippen LogP contribution >= 0.6 is 0 Å². The molecule has 2 aromatic carbocycles. The minimum atomic E-state index is -0.693. The fourth-order valence-corrected chi connectivity index (χ4v) is 2.89. The number of anilines is 1. The van der Waals surface area contributed by atoms with Crippen molar-refractivity contribution < 1.29 is 23.9 Å². The van der Waals surface area contributed by atoms with Gasteiger partial charge in [-0.25, -0.2) is 0 Å². The molecule has 1 heterocycles. The third-order valence-corrected chi connectivity index (χ3v) is 4.49. The van der Waals surface area contributed by atoms with Crippen LogP contribution in [0.3, 0.4) is 0 Å². The Labute approximate surface area is 162 Å². The van der Waals surface area contributed by atoms with Crippen molar-refractivity contribution >= 4 is 29.3 Å². The molecule has 0 radical (unpaired) electrons. The summed E-state index contributed by atoms with van der Waals surface area (Å²) < 4.78 is 4.94. The smallest absolute Gasteiger partial charge is 0.325 e. The average molecular weight is 380 g/mol. The first kappa shape index (κ1) is 19.3. The number of ether oxygens (including phenoxy) is 1. The highest BCUT2D eigenvalue weighted by atomic mass is 16.5. The van der Waals surface area contributed by atoms with Crippen LogP contribution in [-0.2, 0) is 25.5 Å². The van der Waals surface area contributed by atoms with E-state index < -0.39 is 12.6 Å². The molecule has 7 nitrogen and oxygen atoms in total. The third kappa shape index (κ3) is 4.62. The Bertz CT molecular complexity index is 924. The molecule has 1 atom stereocenters. The summed E-state index contributed by atoms with van der Waals surface area (Å²) >= 11 is 0. The lowest BCUT2D eigenvalue weighted by atomic mass is 9.99. The van der Waals surface area contributed by atoms with E-state index in [-0.39, 0.29) is 36.5 Å². The molecule has 3 rings (SSSR count). The van der Waals surface area contributed by atoms with Gasteiger partial charge in [0.25, 0.3) is 0 Å². The number of esters is 1. The first-order valence-corrected chi connectivity index (χ1v) is 8.88. The summed E-state index contributed by atoms with van der Waals surface area (Å²) in [4.78, 5) is 47.5. The minimum Gasteiger partial charge on any atom is -0.456 e. The first-order chi connectivity index (χ1) is 13.4. The second kappa shape index (κ2) is 8.47. The van der Waals surface area contributed by atoms with Crippen LogP contribution in [0.15, 0.2) is 48.5 Å². The number of rotatable bonds is 7. The van der Waals surface area contributed by atoms with Gasteiger partial charge in [-0.1, -0.05) is 30.3 Å². The first-order valence-electron chi connectivity index (χ1n) is 8.88. The van der Waals surface area contributed by atoms with Crippen LogP contribution in [0, 0.1) is 0 Å². The van der Waals surface area contributed by atoms with Gasteiger partial charge in [0.05, 0.1) is 12.3 Å². The molecule has 0 saturated heterocycles. The summed E-state index contributed by atoms with van der Waals surface area (Å²) in [6.45, 7) is 1.02. The lowest BCUT2D eigenvalue weighted by molar-refractivity contribution is -0.142. The van der Waals surface area contributed by atoms with Gasteiger partial charge in [0.2, 0.25) is 11.8 Å². The molecule has 0 bridgehead atoms. The van der Waals surface area contributed by atoms with Gasteiger partial charge in [-0.2, -0.15) is 0 Å². The minimum absolute atomic E-state index is 0.114. The number of nitrogens with one attached hydrogen (secondary N) is 2. The topological polar surface area (TPSA) is 102 Å². The van der Waals surface area contributed by atoms with E-state index in [0.717, 1.165) is 11.1 Å². The zero-order valence-electron chi connectivity index (χ0n) is 15.4. The Hall–Kier alpha value is -3.48. The van der Waals surface area contributed by atoms with E-state index in [1.165, 1.54) is 0 Å². The van der Waals surface area contributed by atoms with Gasteiger partial charge in [0.15, 0.2) is 12.4 Å². The summed E-state index contributed by atoms with van der Waals surface area (Å²) in [6, 6.07) is 14.0. The highest BCUT2D eigenvalue weighted by molar-refractivity contribution is 6.05. The van der Waals surface area contributed by atoms with Crippen molar-refractivity contribution in [1.29, 1.82) is 0 Å². The molecule has 28 heavy (non-hydrogen) atoms. The number of ketones is 1. The molecule has 0 fully saturated rings. The molecule has 2 N–H and O–H groups in total. The van der Waals surface area contributed by atoms with Crippen molar-refractivity contribution in [2.75, 3.05) is 18.5 Å². The van der Waals surface area contributed by atoms with Crippen LogP contribution in [0.2, 0.25) is 0 Å². The van der Waals surface area contributed by atoms with E-state index in [4.69, 9.17) is 4.74 Å². The molecule has 0 saturated carbocycles. The van der Waals surface area contributed by atoms with Crippen molar-refractivity contribution in [1.82, 2.24) is 5.32 Å². The number of fused-ring (bicyclic) bond motifs is 1. The maximum atomic E-state index is 12.2. The Kier molecular flexibility index (Phi) is 5.84. The van der Waals surface area contributed by atoms with Gasteiger partial charge in [0, 0.05) is 11.3 Å². The highest BCUT2D eigenvalue weighted by Gasteiger charge is 2.27. The van der Waals surface area contributed by atoms with E-state index in [1.807, 2.05) is 30.3 Å². The van der Waals surface area contributed by atoms with Crippen molar-refractivity contribution in [3.63, 3.8) is 0 Å². The molecule has 2 amide bonds. The number of carbonyl (C=O) groups excluding carboxylic acids is 4. The van der Waals surface area contributed by atoms with Gasteiger partial charge >= 0.3 is 5.97 Å². The number of amides is 2. The lowest BCUT2D eigenvalue weighted by Crippen LogP contribution is -2.32. The van der Waals surface area contributed by atoms with E-state index in [2.05, 4.69) is 10.6 Å². The van der Waals surface area contributed by atoms with E-state index >= 15 is 0 Å². The Morgan fingerprint density at radius 3 is 2.61 bits per heavy atom. The fourth-order valence-electron chi connectivity index (χ4n) is 2.89. The normalized spacial score (nSPS) is 14.8. The molecular weight excluding hydrogens is 360 g/mol. The zero-order chi connectivity index (χ0) is 20.1. The highest BCUT2D eigenvalue weighted by Crippen LogP contribution is 2.32. The molecule has 0 aliphatic carbocycles. The van der Waals surface area contributed by atoms with Gasteiger partial charge in [-0.3, -0.25) is 19.2 Å². The SMILES string of the molecule is C[C@H]1C(=O)Nc2ccc(C(=O)COC(=O)CNC(=O)Cc3ccccc3)cc21.